The number of benzene rings is 1. The summed E-state index contributed by atoms with van der Waals surface area (Å²) in [5.74, 6) is -0.0827. The van der Waals surface area contributed by atoms with E-state index in [2.05, 4.69) is 32.8 Å². The second-order valence-corrected chi connectivity index (χ2v) is 7.77. The number of carbonyl (C=O) groups is 1. The number of hydrogen-bond acceptors (Lipinski definition) is 5. The zero-order valence-corrected chi connectivity index (χ0v) is 15.8. The van der Waals surface area contributed by atoms with E-state index in [1.807, 2.05) is 30.5 Å². The predicted molar refractivity (Wildman–Crippen MR) is 103 cm³/mol. The number of hydrogen-bond donors (Lipinski definition) is 1. The van der Waals surface area contributed by atoms with Crippen LogP contribution >= 0.6 is 22.7 Å². The number of thiazole rings is 2. The van der Waals surface area contributed by atoms with Crippen molar-refractivity contribution in [1.82, 2.24) is 15.3 Å². The van der Waals surface area contributed by atoms with Crippen molar-refractivity contribution in [2.75, 3.05) is 6.54 Å². The molecule has 1 N–H and O–H groups in total. The van der Waals surface area contributed by atoms with Gasteiger partial charge >= 0.3 is 0 Å². The number of rotatable bonds is 8. The summed E-state index contributed by atoms with van der Waals surface area (Å²) in [4.78, 5) is 21.1. The molecule has 1 aromatic carbocycles. The Hall–Kier alpha value is -2.05. The number of nitrogens with zero attached hydrogens (tertiary/aromatic N) is 2. The van der Waals surface area contributed by atoms with Crippen molar-refractivity contribution < 1.29 is 4.79 Å². The average molecular weight is 372 g/mol. The minimum Gasteiger partial charge on any atom is -0.351 e. The minimum absolute atomic E-state index is 0.0827. The first-order valence-corrected chi connectivity index (χ1v) is 10.1. The van der Waals surface area contributed by atoms with E-state index >= 15 is 0 Å². The third-order valence-corrected chi connectivity index (χ3v) is 5.63. The Morgan fingerprint density at radius 3 is 2.60 bits per heavy atom. The van der Waals surface area contributed by atoms with Gasteiger partial charge in [0.15, 0.2) is 0 Å². The van der Waals surface area contributed by atoms with Crippen LogP contribution in [0.4, 0.5) is 0 Å². The van der Waals surface area contributed by atoms with Gasteiger partial charge in [0.25, 0.3) is 5.91 Å². The first kappa shape index (κ1) is 17.8. The van der Waals surface area contributed by atoms with Crippen LogP contribution in [0, 0.1) is 6.92 Å². The van der Waals surface area contributed by atoms with E-state index in [4.69, 9.17) is 0 Å². The van der Waals surface area contributed by atoms with Gasteiger partial charge in [0.2, 0.25) is 0 Å². The van der Waals surface area contributed by atoms with E-state index in [1.165, 1.54) is 21.9 Å². The van der Waals surface area contributed by atoms with Crippen molar-refractivity contribution in [3.63, 3.8) is 0 Å². The number of aryl methyl sites for hydroxylation is 2. The van der Waals surface area contributed by atoms with Crippen LogP contribution in [0.3, 0.4) is 0 Å². The largest absolute Gasteiger partial charge is 0.351 e. The van der Waals surface area contributed by atoms with E-state index < -0.39 is 0 Å². The zero-order valence-electron chi connectivity index (χ0n) is 14.2. The zero-order chi connectivity index (χ0) is 17.5. The minimum atomic E-state index is -0.0827. The van der Waals surface area contributed by atoms with E-state index in [0.717, 1.165) is 36.4 Å². The molecule has 0 saturated carbocycles. The molecule has 130 valence electrons. The highest BCUT2D eigenvalue weighted by Gasteiger charge is 2.10. The molecule has 0 aliphatic rings. The third-order valence-electron chi connectivity index (χ3n) is 3.75. The molecule has 0 bridgehead atoms. The maximum Gasteiger partial charge on any atom is 0.270 e. The van der Waals surface area contributed by atoms with Crippen LogP contribution in [-0.2, 0) is 12.8 Å². The molecule has 0 aliphatic carbocycles. The third kappa shape index (κ3) is 5.47. The Balaban J connectivity index is 1.39. The Bertz CT molecular complexity index is 811. The predicted octanol–water partition coefficient (Wildman–Crippen LogP) is 4.25. The fourth-order valence-corrected chi connectivity index (χ4v) is 4.10. The van der Waals surface area contributed by atoms with Gasteiger partial charge in [0.1, 0.15) is 5.69 Å². The van der Waals surface area contributed by atoms with Gasteiger partial charge < -0.3 is 5.32 Å². The normalized spacial score (nSPS) is 10.8. The second kappa shape index (κ2) is 8.87. The Morgan fingerprint density at radius 2 is 1.84 bits per heavy atom. The van der Waals surface area contributed by atoms with E-state index in [-0.39, 0.29) is 5.91 Å². The van der Waals surface area contributed by atoms with Crippen molar-refractivity contribution in [2.24, 2.45) is 0 Å². The van der Waals surface area contributed by atoms with Crippen LogP contribution in [0.15, 0.2) is 41.1 Å². The van der Waals surface area contributed by atoms with E-state index in [9.17, 15) is 4.79 Å². The quantitative estimate of drug-likeness (QED) is 0.602. The summed E-state index contributed by atoms with van der Waals surface area (Å²) < 4.78 is 0. The molecule has 2 aromatic heterocycles. The fraction of sp³-hybridized carbons (Fsp3) is 0.316. The van der Waals surface area contributed by atoms with Crippen LogP contribution in [0.25, 0.3) is 0 Å². The SMILES string of the molecule is Cc1csc(CCCCNC(=O)c2csc(Cc3ccccc3)n2)n1. The van der Waals surface area contributed by atoms with Crippen LogP contribution < -0.4 is 5.32 Å². The molecular weight excluding hydrogens is 350 g/mol. The van der Waals surface area contributed by atoms with Crippen molar-refractivity contribution in [3.05, 3.63) is 68.1 Å². The van der Waals surface area contributed by atoms with Crippen LogP contribution in [0.2, 0.25) is 0 Å². The highest BCUT2D eigenvalue weighted by Crippen LogP contribution is 2.15. The monoisotopic (exact) mass is 371 g/mol. The lowest BCUT2D eigenvalue weighted by atomic mass is 10.2. The second-order valence-electron chi connectivity index (χ2n) is 5.88. The molecule has 3 aromatic rings. The standard InChI is InChI=1S/C19H21N3OS2/c1-14-12-24-17(21-14)9-5-6-10-20-19(23)16-13-25-18(22-16)11-15-7-3-2-4-8-15/h2-4,7-8,12-13H,5-6,9-11H2,1H3,(H,20,23). The van der Waals surface area contributed by atoms with Crippen molar-refractivity contribution in [1.29, 1.82) is 0 Å². The molecule has 1 amide bonds. The van der Waals surface area contributed by atoms with Crippen molar-refractivity contribution in [3.8, 4) is 0 Å². The van der Waals surface area contributed by atoms with Gasteiger partial charge in [-0.05, 0) is 31.7 Å². The lowest BCUT2D eigenvalue weighted by molar-refractivity contribution is 0.0948. The van der Waals surface area contributed by atoms with Crippen LogP contribution in [-0.4, -0.2) is 22.4 Å². The molecule has 0 spiro atoms. The molecule has 0 aliphatic heterocycles. The molecule has 6 heteroatoms. The summed E-state index contributed by atoms with van der Waals surface area (Å²) in [7, 11) is 0. The van der Waals surface area contributed by atoms with Crippen LogP contribution in [0.5, 0.6) is 0 Å². The van der Waals surface area contributed by atoms with Crippen molar-refractivity contribution >= 4 is 28.6 Å². The number of amides is 1. The lowest BCUT2D eigenvalue weighted by Gasteiger charge is -2.02. The topological polar surface area (TPSA) is 54.9 Å². The smallest absolute Gasteiger partial charge is 0.270 e. The first-order chi connectivity index (χ1) is 12.2. The molecule has 3 rings (SSSR count). The van der Waals surface area contributed by atoms with Gasteiger partial charge in [-0.1, -0.05) is 30.3 Å². The number of unbranched alkanes of at least 4 members (excludes halogenated alkanes) is 1. The molecule has 0 radical (unpaired) electrons. The van der Waals surface area contributed by atoms with Gasteiger partial charge in [-0.25, -0.2) is 9.97 Å². The Kier molecular flexibility index (Phi) is 6.30. The Morgan fingerprint density at radius 1 is 1.04 bits per heavy atom. The summed E-state index contributed by atoms with van der Waals surface area (Å²) in [6.45, 7) is 2.69. The summed E-state index contributed by atoms with van der Waals surface area (Å²) >= 11 is 3.24. The van der Waals surface area contributed by atoms with Gasteiger partial charge in [0.05, 0.1) is 10.0 Å². The number of aromatic nitrogens is 2. The summed E-state index contributed by atoms with van der Waals surface area (Å²) in [5.41, 5.74) is 2.82. The lowest BCUT2D eigenvalue weighted by Crippen LogP contribution is -2.24. The molecule has 25 heavy (non-hydrogen) atoms. The fourth-order valence-electron chi connectivity index (χ4n) is 2.48. The van der Waals surface area contributed by atoms with E-state index in [1.54, 1.807) is 11.3 Å². The molecule has 0 atom stereocenters. The van der Waals surface area contributed by atoms with Gasteiger partial charge in [-0.2, -0.15) is 0 Å². The van der Waals surface area contributed by atoms with E-state index in [0.29, 0.717) is 12.2 Å². The van der Waals surface area contributed by atoms with Crippen molar-refractivity contribution in [2.45, 2.75) is 32.6 Å². The average Bonchev–Trinajstić information content (AvgIpc) is 3.24. The molecule has 0 fully saturated rings. The molecular formula is C19H21N3OS2. The summed E-state index contributed by atoms with van der Waals surface area (Å²) in [6.07, 6.45) is 3.73. The summed E-state index contributed by atoms with van der Waals surface area (Å²) in [5, 5.41) is 9.01. The molecule has 4 nitrogen and oxygen atoms in total. The van der Waals surface area contributed by atoms with Gasteiger partial charge in [-0.3, -0.25) is 4.79 Å². The first-order valence-electron chi connectivity index (χ1n) is 8.38. The molecule has 2 heterocycles. The van der Waals surface area contributed by atoms with Gasteiger partial charge in [-0.15, -0.1) is 22.7 Å². The molecule has 0 saturated heterocycles. The maximum atomic E-state index is 12.2. The number of nitrogens with one attached hydrogen (secondary N) is 1. The van der Waals surface area contributed by atoms with Crippen LogP contribution in [0.1, 0.15) is 44.6 Å². The number of carbonyl (C=O) groups excluding carboxylic acids is 1. The summed E-state index contributed by atoms with van der Waals surface area (Å²) in [6, 6.07) is 10.2. The molecule has 0 unspecified atom stereocenters. The highest BCUT2D eigenvalue weighted by molar-refractivity contribution is 7.10. The van der Waals surface area contributed by atoms with Gasteiger partial charge in [0, 0.05) is 29.4 Å². The highest BCUT2D eigenvalue weighted by atomic mass is 32.1. The maximum absolute atomic E-state index is 12.2. The Labute approximate surface area is 156 Å².